The van der Waals surface area contributed by atoms with Gasteiger partial charge in [0.1, 0.15) is 5.82 Å². The van der Waals surface area contributed by atoms with Gasteiger partial charge in [0.05, 0.1) is 11.0 Å². The summed E-state index contributed by atoms with van der Waals surface area (Å²) >= 11 is 0. The summed E-state index contributed by atoms with van der Waals surface area (Å²) in [6.45, 7) is 7.29. The second kappa shape index (κ2) is 8.18. The molecule has 0 spiro atoms. The molecule has 0 saturated heterocycles. The highest BCUT2D eigenvalue weighted by Gasteiger charge is 2.16. The Kier molecular flexibility index (Phi) is 6.90. The Bertz CT molecular complexity index is 505. The van der Waals surface area contributed by atoms with E-state index in [1.165, 1.54) is 18.3 Å². The molecule has 0 radical (unpaired) electrons. The lowest BCUT2D eigenvalue weighted by Gasteiger charge is -2.13. The first-order valence-corrected chi connectivity index (χ1v) is 8.29. The zero-order chi connectivity index (χ0) is 15.0. The van der Waals surface area contributed by atoms with Crippen LogP contribution in [0.25, 0.3) is 0 Å². The Balaban J connectivity index is 2.71. The monoisotopic (exact) mass is 301 g/mol. The van der Waals surface area contributed by atoms with E-state index in [-0.39, 0.29) is 17.5 Å². The van der Waals surface area contributed by atoms with Gasteiger partial charge >= 0.3 is 0 Å². The van der Waals surface area contributed by atoms with E-state index < -0.39 is 10.0 Å². The van der Waals surface area contributed by atoms with Gasteiger partial charge in [0.25, 0.3) is 0 Å². The van der Waals surface area contributed by atoms with E-state index in [1.54, 1.807) is 0 Å². The molecule has 1 aromatic rings. The number of rotatable bonds is 9. The third-order valence-electron chi connectivity index (χ3n) is 2.61. The average molecular weight is 301 g/mol. The van der Waals surface area contributed by atoms with Crippen molar-refractivity contribution < 1.29 is 13.2 Å². The molecule has 2 N–H and O–H groups in total. The molecule has 0 aromatic carbocycles. The molecular formula is C13H23N3O3S. The van der Waals surface area contributed by atoms with Gasteiger partial charge in [0, 0.05) is 32.0 Å². The Morgan fingerprint density at radius 2 is 2.15 bits per heavy atom. The summed E-state index contributed by atoms with van der Waals surface area (Å²) in [5, 5.41) is 3.06. The summed E-state index contributed by atoms with van der Waals surface area (Å²) in [5.41, 5.74) is 0. The van der Waals surface area contributed by atoms with Crippen LogP contribution < -0.4 is 10.0 Å². The quantitative estimate of drug-likeness (QED) is 0.724. The van der Waals surface area contributed by atoms with E-state index >= 15 is 0 Å². The molecule has 20 heavy (non-hydrogen) atoms. The van der Waals surface area contributed by atoms with Crippen LogP contribution in [-0.4, -0.2) is 39.2 Å². The number of ether oxygens (including phenoxy) is 1. The molecule has 1 atom stereocenters. The van der Waals surface area contributed by atoms with Crippen LogP contribution in [0.5, 0.6) is 0 Å². The van der Waals surface area contributed by atoms with Crippen molar-refractivity contribution in [3.05, 3.63) is 18.3 Å². The number of nitrogens with one attached hydrogen (secondary N) is 2. The van der Waals surface area contributed by atoms with Gasteiger partial charge in [0.2, 0.25) is 10.0 Å². The lowest BCUT2D eigenvalue weighted by Crippen LogP contribution is -2.32. The topological polar surface area (TPSA) is 80.3 Å². The Morgan fingerprint density at radius 1 is 1.40 bits per heavy atom. The fourth-order valence-corrected chi connectivity index (χ4v) is 2.71. The first-order chi connectivity index (χ1) is 9.49. The van der Waals surface area contributed by atoms with Gasteiger partial charge in [-0.1, -0.05) is 6.92 Å². The average Bonchev–Trinajstić information content (AvgIpc) is 2.44. The van der Waals surface area contributed by atoms with Crippen molar-refractivity contribution in [2.75, 3.05) is 25.0 Å². The van der Waals surface area contributed by atoms with E-state index in [0.29, 0.717) is 12.4 Å². The SMILES string of the molecule is CCCNc1cc(S(=O)(=O)NCC(C)OCC)ccn1. The second-order valence-corrected chi connectivity index (χ2v) is 6.19. The summed E-state index contributed by atoms with van der Waals surface area (Å²) in [7, 11) is -3.53. The van der Waals surface area contributed by atoms with Gasteiger partial charge in [-0.2, -0.15) is 0 Å². The smallest absolute Gasteiger partial charge is 0.240 e. The van der Waals surface area contributed by atoms with Gasteiger partial charge in [-0.3, -0.25) is 0 Å². The second-order valence-electron chi connectivity index (χ2n) is 4.42. The minimum atomic E-state index is -3.53. The van der Waals surface area contributed by atoms with E-state index in [2.05, 4.69) is 15.0 Å². The maximum Gasteiger partial charge on any atom is 0.240 e. The molecule has 0 fully saturated rings. The molecule has 0 aliphatic carbocycles. The Morgan fingerprint density at radius 3 is 2.80 bits per heavy atom. The number of aromatic nitrogens is 1. The minimum absolute atomic E-state index is 0.158. The van der Waals surface area contributed by atoms with Crippen molar-refractivity contribution in [1.29, 1.82) is 0 Å². The van der Waals surface area contributed by atoms with E-state index in [9.17, 15) is 8.42 Å². The molecule has 1 rings (SSSR count). The molecule has 0 saturated carbocycles. The van der Waals surface area contributed by atoms with Crippen molar-refractivity contribution in [2.45, 2.75) is 38.2 Å². The maximum atomic E-state index is 12.1. The number of nitrogens with zero attached hydrogens (tertiary/aromatic N) is 1. The highest BCUT2D eigenvalue weighted by molar-refractivity contribution is 7.89. The number of pyridine rings is 1. The Labute approximate surface area is 121 Å². The third-order valence-corrected chi connectivity index (χ3v) is 4.03. The minimum Gasteiger partial charge on any atom is -0.377 e. The summed E-state index contributed by atoms with van der Waals surface area (Å²) in [5.74, 6) is 0.563. The van der Waals surface area contributed by atoms with E-state index in [4.69, 9.17) is 4.74 Å². The predicted octanol–water partition coefficient (Wildman–Crippen LogP) is 1.61. The number of hydrogen-bond donors (Lipinski definition) is 2. The van der Waals surface area contributed by atoms with Gasteiger partial charge in [0.15, 0.2) is 0 Å². The van der Waals surface area contributed by atoms with Crippen molar-refractivity contribution in [2.24, 2.45) is 0 Å². The lowest BCUT2D eigenvalue weighted by molar-refractivity contribution is 0.0799. The lowest BCUT2D eigenvalue weighted by atomic mass is 10.4. The number of anilines is 1. The molecule has 0 amide bonds. The molecule has 7 heteroatoms. The van der Waals surface area contributed by atoms with E-state index in [0.717, 1.165) is 13.0 Å². The summed E-state index contributed by atoms with van der Waals surface area (Å²) < 4.78 is 32.1. The fraction of sp³-hybridized carbons (Fsp3) is 0.615. The molecular weight excluding hydrogens is 278 g/mol. The summed E-state index contributed by atoms with van der Waals surface area (Å²) in [4.78, 5) is 4.29. The van der Waals surface area contributed by atoms with Gasteiger partial charge < -0.3 is 10.1 Å². The molecule has 1 unspecified atom stereocenters. The van der Waals surface area contributed by atoms with Crippen LogP contribution in [0.2, 0.25) is 0 Å². The van der Waals surface area contributed by atoms with Gasteiger partial charge in [-0.15, -0.1) is 0 Å². The van der Waals surface area contributed by atoms with Gasteiger partial charge in [-0.25, -0.2) is 18.1 Å². The molecule has 0 aliphatic rings. The van der Waals surface area contributed by atoms with Crippen LogP contribution in [0.4, 0.5) is 5.82 Å². The third kappa shape index (κ3) is 5.44. The largest absolute Gasteiger partial charge is 0.377 e. The highest BCUT2D eigenvalue weighted by Crippen LogP contribution is 2.12. The van der Waals surface area contributed by atoms with Crippen LogP contribution in [-0.2, 0) is 14.8 Å². The molecule has 1 heterocycles. The van der Waals surface area contributed by atoms with Crippen molar-refractivity contribution in [3.63, 3.8) is 0 Å². The molecule has 6 nitrogen and oxygen atoms in total. The first kappa shape index (κ1) is 16.9. The van der Waals surface area contributed by atoms with Crippen LogP contribution in [0.3, 0.4) is 0 Å². The van der Waals surface area contributed by atoms with Crippen LogP contribution in [0.1, 0.15) is 27.2 Å². The summed E-state index contributed by atoms with van der Waals surface area (Å²) in [6.07, 6.45) is 2.27. The highest BCUT2D eigenvalue weighted by atomic mass is 32.2. The van der Waals surface area contributed by atoms with Crippen molar-refractivity contribution in [1.82, 2.24) is 9.71 Å². The standard InChI is InChI=1S/C13H23N3O3S/c1-4-7-14-13-9-12(6-8-15-13)20(17,18)16-10-11(3)19-5-2/h6,8-9,11,16H,4-5,7,10H2,1-3H3,(H,14,15). The molecule has 114 valence electrons. The number of hydrogen-bond acceptors (Lipinski definition) is 5. The molecule has 1 aromatic heterocycles. The van der Waals surface area contributed by atoms with Crippen molar-refractivity contribution in [3.8, 4) is 0 Å². The van der Waals surface area contributed by atoms with E-state index in [1.807, 2.05) is 20.8 Å². The van der Waals surface area contributed by atoms with Crippen molar-refractivity contribution >= 4 is 15.8 Å². The zero-order valence-electron chi connectivity index (χ0n) is 12.2. The fourth-order valence-electron chi connectivity index (χ4n) is 1.58. The molecule has 0 bridgehead atoms. The maximum absolute atomic E-state index is 12.1. The summed E-state index contributed by atoms with van der Waals surface area (Å²) in [6, 6.07) is 3.01. The zero-order valence-corrected chi connectivity index (χ0v) is 13.0. The first-order valence-electron chi connectivity index (χ1n) is 6.80. The normalized spacial score (nSPS) is 13.2. The molecule has 0 aliphatic heterocycles. The van der Waals surface area contributed by atoms with Crippen LogP contribution in [0.15, 0.2) is 23.2 Å². The predicted molar refractivity (Wildman–Crippen MR) is 79.3 cm³/mol. The van der Waals surface area contributed by atoms with Gasteiger partial charge in [-0.05, 0) is 26.3 Å². The number of sulfonamides is 1. The van der Waals surface area contributed by atoms with Crippen LogP contribution >= 0.6 is 0 Å². The Hall–Kier alpha value is -1.18. The van der Waals surface area contributed by atoms with Crippen LogP contribution in [0, 0.1) is 0 Å².